The number of azo groups is 3. The maximum atomic E-state index is 12.8. The van der Waals surface area contributed by atoms with Crippen LogP contribution in [0, 0.1) is 6.92 Å². The first-order valence-electron chi connectivity index (χ1n) is 22.3. The first-order chi connectivity index (χ1) is 36.6. The maximum Gasteiger partial charge on any atom is 0.296 e. The Morgan fingerprint density at radius 2 is 1.12 bits per heavy atom. The lowest BCUT2D eigenvalue weighted by atomic mass is 10.1. The predicted molar refractivity (Wildman–Crippen MR) is 284 cm³/mol. The summed E-state index contributed by atoms with van der Waals surface area (Å²) in [5.74, 6) is -0.624. The number of hydrogen-bond donors (Lipinski definition) is 7. The number of rotatable bonds is 19. The summed E-state index contributed by atoms with van der Waals surface area (Å²) in [6, 6.07) is 26.8. The largest absolute Gasteiger partial charge is 0.505 e. The number of benzene rings is 8. The zero-order chi connectivity index (χ0) is 56.5. The van der Waals surface area contributed by atoms with Crippen LogP contribution in [0.1, 0.15) is 18.4 Å². The molecule has 8 aromatic carbocycles. The van der Waals surface area contributed by atoms with Gasteiger partial charge in [-0.15, -0.1) is 20.5 Å². The highest BCUT2D eigenvalue weighted by Crippen LogP contribution is 2.45. The second-order valence-corrected chi connectivity index (χ2v) is 24.1. The lowest BCUT2D eigenvalue weighted by Crippen LogP contribution is -2.06. The van der Waals surface area contributed by atoms with Crippen molar-refractivity contribution >= 4 is 128 Å². The fourth-order valence-electron chi connectivity index (χ4n) is 7.76. The molecule has 0 saturated carbocycles. The van der Waals surface area contributed by atoms with Crippen LogP contribution in [0.25, 0.3) is 32.3 Å². The van der Waals surface area contributed by atoms with E-state index in [4.69, 9.17) is 9.47 Å². The van der Waals surface area contributed by atoms with Crippen molar-refractivity contribution in [2.45, 2.75) is 39.3 Å². The van der Waals surface area contributed by atoms with Crippen LogP contribution in [0.2, 0.25) is 0 Å². The van der Waals surface area contributed by atoms with Crippen molar-refractivity contribution in [1.29, 1.82) is 0 Å². The average Bonchev–Trinajstić information content (AvgIpc) is 3.43. The predicted octanol–water partition coefficient (Wildman–Crippen LogP) is 11.2. The first kappa shape index (κ1) is 56.3. The van der Waals surface area contributed by atoms with Crippen molar-refractivity contribution < 1.29 is 79.4 Å². The molecule has 8 rings (SSSR count). The molecule has 78 heavy (non-hydrogen) atoms. The standard InChI is InChI=1S/C48H41N7O18S5/c1-27-19-43(44(73-17-3-4-18-74(57,58)59)26-42(27)53-50-32-6-5-28-21-35(76(63,64)65)25-45(38(28)23-32)77(66,67)68)54-51-40-15-16-41(39-24-34(75(60,61)62)12-14-37(39)40)52-55-47-46(78(69,70)71)22-29-20-31(9-13-36(29)48(47)56)49-30-7-10-33(72-2)11-8-30/h5-16,19-26,49,56H,3-4,17-18H2,1-2H3,(H,57,58,59)(H,60,61,62)(H,63,64,65)(H,66,67,68)(H,69,70,71). The Bertz CT molecular complexity index is 4430. The third kappa shape index (κ3) is 13.2. The van der Waals surface area contributed by atoms with Gasteiger partial charge in [-0.2, -0.15) is 52.3 Å². The third-order valence-corrected chi connectivity index (χ3v) is 15.8. The number of aromatic hydroxyl groups is 1. The molecule has 0 aliphatic rings. The van der Waals surface area contributed by atoms with Gasteiger partial charge in [-0.3, -0.25) is 22.8 Å². The molecule has 0 radical (unpaired) electrons. The van der Waals surface area contributed by atoms with Crippen LogP contribution in [0.4, 0.5) is 45.5 Å². The van der Waals surface area contributed by atoms with Gasteiger partial charge in [0.1, 0.15) is 32.7 Å². The molecule has 0 fully saturated rings. The Balaban J connectivity index is 1.16. The fraction of sp³-hybridized carbons (Fsp3) is 0.125. The first-order valence-corrected chi connectivity index (χ1v) is 29.7. The number of hydrogen-bond acceptors (Lipinski definition) is 20. The molecule has 0 aliphatic carbocycles. The minimum atomic E-state index is -5.09. The molecule has 30 heteroatoms. The number of aryl methyl sites for hydroxylation is 1. The number of fused-ring (bicyclic) bond motifs is 3. The molecule has 0 atom stereocenters. The summed E-state index contributed by atoms with van der Waals surface area (Å²) in [5.41, 5.74) is 1.01. The van der Waals surface area contributed by atoms with Gasteiger partial charge in [0.15, 0.2) is 5.75 Å². The molecule has 0 spiro atoms. The van der Waals surface area contributed by atoms with Crippen molar-refractivity contribution in [3.63, 3.8) is 0 Å². The van der Waals surface area contributed by atoms with Crippen LogP contribution in [0.5, 0.6) is 17.2 Å². The number of ether oxygens (including phenoxy) is 2. The minimum Gasteiger partial charge on any atom is -0.505 e. The van der Waals surface area contributed by atoms with Crippen molar-refractivity contribution in [3.8, 4) is 17.2 Å². The molecule has 0 unspecified atom stereocenters. The monoisotopic (exact) mass is 1160 g/mol. The lowest BCUT2D eigenvalue weighted by Gasteiger charge is -2.12. The summed E-state index contributed by atoms with van der Waals surface area (Å²) in [5, 5.41) is 40.2. The van der Waals surface area contributed by atoms with Gasteiger partial charge in [0, 0.05) is 39.0 Å². The summed E-state index contributed by atoms with van der Waals surface area (Å²) in [6.07, 6.45) is 0.119. The minimum absolute atomic E-state index is 0.00300. The maximum absolute atomic E-state index is 12.8. The fourth-order valence-corrected chi connectivity index (χ4v) is 10.8. The number of phenolic OH excluding ortho intramolecular Hbond substituents is 1. The van der Waals surface area contributed by atoms with Gasteiger partial charge in [0.05, 0.1) is 52.0 Å². The number of nitrogens with one attached hydrogen (secondary N) is 1. The highest BCUT2D eigenvalue weighted by Gasteiger charge is 2.24. The van der Waals surface area contributed by atoms with Crippen molar-refractivity contribution in [2.24, 2.45) is 30.7 Å². The second kappa shape index (κ2) is 21.8. The van der Waals surface area contributed by atoms with Crippen LogP contribution in [0.15, 0.2) is 172 Å². The van der Waals surface area contributed by atoms with Gasteiger partial charge in [-0.1, -0.05) is 12.1 Å². The molecule has 0 bridgehead atoms. The zero-order valence-electron chi connectivity index (χ0n) is 40.2. The van der Waals surface area contributed by atoms with E-state index in [2.05, 4.69) is 36.0 Å². The van der Waals surface area contributed by atoms with E-state index in [1.807, 2.05) is 0 Å². The molecule has 406 valence electrons. The van der Waals surface area contributed by atoms with Crippen LogP contribution >= 0.6 is 0 Å². The van der Waals surface area contributed by atoms with Crippen molar-refractivity contribution in [2.75, 3.05) is 24.8 Å². The van der Waals surface area contributed by atoms with Gasteiger partial charge in [0.2, 0.25) is 0 Å². The van der Waals surface area contributed by atoms with Gasteiger partial charge >= 0.3 is 0 Å². The van der Waals surface area contributed by atoms with E-state index in [1.54, 1.807) is 37.3 Å². The number of anilines is 2. The quantitative estimate of drug-likeness (QED) is 0.0225. The second-order valence-electron chi connectivity index (χ2n) is 16.9. The molecule has 0 saturated heterocycles. The normalized spacial score (nSPS) is 12.9. The van der Waals surface area contributed by atoms with Crippen LogP contribution < -0.4 is 14.8 Å². The van der Waals surface area contributed by atoms with Crippen LogP contribution in [-0.4, -0.2) is 89.4 Å². The smallest absolute Gasteiger partial charge is 0.296 e. The molecule has 0 aromatic heterocycles. The Hall–Kier alpha value is -7.91. The molecular formula is C48H41N7O18S5. The number of phenols is 1. The van der Waals surface area contributed by atoms with Crippen molar-refractivity contribution in [1.82, 2.24) is 0 Å². The van der Waals surface area contributed by atoms with Gasteiger partial charge in [0.25, 0.3) is 50.6 Å². The third-order valence-electron chi connectivity index (χ3n) is 11.5. The summed E-state index contributed by atoms with van der Waals surface area (Å²) in [4.78, 5) is -3.04. The Labute approximate surface area is 444 Å². The molecule has 0 amide bonds. The highest BCUT2D eigenvalue weighted by molar-refractivity contribution is 7.87. The summed E-state index contributed by atoms with van der Waals surface area (Å²) in [7, 11) is -22.6. The van der Waals surface area contributed by atoms with Gasteiger partial charge < -0.3 is 19.9 Å². The SMILES string of the molecule is COc1ccc(Nc2ccc3c(O)c(N=Nc4ccc(N=Nc5cc(C)c(N=Nc6ccc7cc(S(=O)(=O)O)cc(S(=O)(=O)O)c7c6)cc5OCCCCS(=O)(=O)O)c5ccc(S(=O)(=O)O)cc45)c(S(=O)(=O)O)cc3c2)cc1. The highest BCUT2D eigenvalue weighted by atomic mass is 32.2. The van der Waals surface area contributed by atoms with E-state index in [1.165, 1.54) is 67.8 Å². The molecule has 7 N–H and O–H groups in total. The van der Waals surface area contributed by atoms with Crippen LogP contribution in [-0.2, 0) is 50.6 Å². The molecule has 0 aliphatic heterocycles. The van der Waals surface area contributed by atoms with E-state index in [0.717, 1.165) is 24.3 Å². The van der Waals surface area contributed by atoms with Gasteiger partial charge in [-0.05, 0) is 139 Å². The number of nitrogens with zero attached hydrogens (tertiary/aromatic N) is 6. The summed E-state index contributed by atoms with van der Waals surface area (Å²) < 4.78 is 181. The Morgan fingerprint density at radius 1 is 0.487 bits per heavy atom. The summed E-state index contributed by atoms with van der Waals surface area (Å²) >= 11 is 0. The molecule has 25 nitrogen and oxygen atoms in total. The van der Waals surface area contributed by atoms with Crippen LogP contribution in [0.3, 0.4) is 0 Å². The van der Waals surface area contributed by atoms with E-state index < -0.39 is 87.4 Å². The number of methoxy groups -OCH3 is 1. The van der Waals surface area contributed by atoms with E-state index in [-0.39, 0.29) is 86.0 Å². The average molecular weight is 1160 g/mol. The van der Waals surface area contributed by atoms with Gasteiger partial charge in [-0.25, -0.2) is 0 Å². The Kier molecular flexibility index (Phi) is 15.8. The Morgan fingerprint density at radius 3 is 1.77 bits per heavy atom. The van der Waals surface area contributed by atoms with E-state index in [9.17, 15) is 70.0 Å². The zero-order valence-corrected chi connectivity index (χ0v) is 44.3. The van der Waals surface area contributed by atoms with Crippen molar-refractivity contribution in [3.05, 3.63) is 127 Å². The lowest BCUT2D eigenvalue weighted by molar-refractivity contribution is 0.310. The molecule has 8 aromatic rings. The number of unbranched alkanes of at least 4 members (excludes halogenated alkanes) is 1. The molecular weight excluding hydrogens is 1120 g/mol. The topological polar surface area (TPSA) is 397 Å². The van der Waals surface area contributed by atoms with E-state index in [0.29, 0.717) is 28.8 Å². The summed E-state index contributed by atoms with van der Waals surface area (Å²) in [6.45, 7) is 1.48. The molecule has 0 heterocycles. The van der Waals surface area contributed by atoms with E-state index >= 15 is 0 Å².